The van der Waals surface area contributed by atoms with Gasteiger partial charge in [0.05, 0.1) is 16.8 Å². The van der Waals surface area contributed by atoms with Crippen molar-refractivity contribution < 1.29 is 4.84 Å². The van der Waals surface area contributed by atoms with Crippen LogP contribution in [0.1, 0.15) is 17.5 Å². The fourth-order valence-electron chi connectivity index (χ4n) is 3.11. The summed E-state index contributed by atoms with van der Waals surface area (Å²) in [5, 5.41) is 8.15. The summed E-state index contributed by atoms with van der Waals surface area (Å²) in [5.74, 6) is 0.157. The minimum absolute atomic E-state index is 0.157. The number of hydrogen-bond acceptors (Lipinski definition) is 8. The monoisotopic (exact) mass is 470 g/mol. The third-order valence-corrected chi connectivity index (χ3v) is 5.85. The molecule has 0 fully saturated rings. The first-order valence-corrected chi connectivity index (χ1v) is 10.9. The highest BCUT2D eigenvalue weighted by Gasteiger charge is 2.14. The molecule has 0 radical (unpaired) electrons. The van der Waals surface area contributed by atoms with Gasteiger partial charge in [-0.05, 0) is 42.8 Å². The molecule has 2 aromatic carbocycles. The zero-order valence-corrected chi connectivity index (χ0v) is 18.9. The van der Waals surface area contributed by atoms with Gasteiger partial charge in [0.2, 0.25) is 5.95 Å². The second-order valence-corrected chi connectivity index (χ2v) is 8.23. The normalized spacial score (nSPS) is 11.3. The average Bonchev–Trinajstić information content (AvgIpc) is 3.18. The molecule has 0 saturated carbocycles. The third kappa shape index (κ3) is 4.56. The van der Waals surface area contributed by atoms with E-state index in [4.69, 9.17) is 16.4 Å². The molecule has 0 atom stereocenters. The lowest BCUT2D eigenvalue weighted by Gasteiger charge is -2.15. The maximum absolute atomic E-state index is 13.0. The lowest BCUT2D eigenvalue weighted by Crippen LogP contribution is -2.42. The van der Waals surface area contributed by atoms with Crippen LogP contribution in [0.4, 0.5) is 11.6 Å². The van der Waals surface area contributed by atoms with E-state index in [-0.39, 0.29) is 19.0 Å². The molecule has 0 spiro atoms. The fourth-order valence-corrected chi connectivity index (χ4v) is 4.11. The van der Waals surface area contributed by atoms with Crippen LogP contribution in [0.5, 0.6) is 0 Å². The summed E-state index contributed by atoms with van der Waals surface area (Å²) in [6.07, 6.45) is 1.54. The number of thiazole rings is 1. The topological polar surface area (TPSA) is 103 Å². The van der Waals surface area contributed by atoms with Crippen molar-refractivity contribution in [1.82, 2.24) is 19.1 Å². The number of nitrogens with one attached hydrogen (secondary N) is 1. The number of anilines is 2. The number of oxime groups is 1. The van der Waals surface area contributed by atoms with E-state index >= 15 is 0 Å². The minimum atomic E-state index is -0.607. The summed E-state index contributed by atoms with van der Waals surface area (Å²) < 4.78 is 3.43. The number of nitrogens with zero attached hydrogens (tertiary/aromatic N) is 5. The van der Waals surface area contributed by atoms with Gasteiger partial charge in [-0.3, -0.25) is 4.57 Å². The molecular formula is C21H19ClN6O3S. The smallest absolute Gasteiger partial charge is 0.354 e. The number of fused-ring (bicyclic) bond motifs is 1. The molecule has 4 aromatic rings. The van der Waals surface area contributed by atoms with Crippen LogP contribution in [0.2, 0.25) is 5.02 Å². The molecule has 0 aliphatic rings. The van der Waals surface area contributed by atoms with Gasteiger partial charge in [-0.2, -0.15) is 4.98 Å². The van der Waals surface area contributed by atoms with Crippen LogP contribution < -0.4 is 16.7 Å². The van der Waals surface area contributed by atoms with Crippen molar-refractivity contribution in [2.24, 2.45) is 5.16 Å². The third-order valence-electron chi connectivity index (χ3n) is 4.65. The summed E-state index contributed by atoms with van der Waals surface area (Å²) in [5.41, 5.74) is 1.27. The lowest BCUT2D eigenvalue weighted by molar-refractivity contribution is 0.215. The Bertz CT molecular complexity index is 1410. The Morgan fingerprint density at radius 3 is 2.66 bits per heavy atom. The Labute approximate surface area is 191 Å². The molecule has 32 heavy (non-hydrogen) atoms. The van der Waals surface area contributed by atoms with Gasteiger partial charge in [0.25, 0.3) is 0 Å². The van der Waals surface area contributed by atoms with E-state index in [1.807, 2.05) is 30.3 Å². The van der Waals surface area contributed by atoms with Crippen LogP contribution in [-0.2, 0) is 17.9 Å². The average molecular weight is 471 g/mol. The van der Waals surface area contributed by atoms with E-state index in [1.165, 1.54) is 29.2 Å². The summed E-state index contributed by atoms with van der Waals surface area (Å²) >= 11 is 7.41. The van der Waals surface area contributed by atoms with Crippen molar-refractivity contribution in [3.63, 3.8) is 0 Å². The Kier molecular flexibility index (Phi) is 6.33. The predicted octanol–water partition coefficient (Wildman–Crippen LogP) is 3.46. The van der Waals surface area contributed by atoms with Gasteiger partial charge in [0, 0.05) is 17.3 Å². The Morgan fingerprint density at radius 2 is 1.94 bits per heavy atom. The molecule has 0 unspecified atom stereocenters. The van der Waals surface area contributed by atoms with E-state index in [2.05, 4.69) is 20.4 Å². The van der Waals surface area contributed by atoms with Crippen LogP contribution in [0.15, 0.2) is 57.2 Å². The standard InChI is InChI=1S/C21H19ClN6O3S/c1-3-27-20(29)26-19(28(21(27)30)12-13-4-6-14(22)7-5-13)24-15-8-9-16-17(10-15)32-18(25-16)11-23-31-2/h4-11H,3,12H2,1-2H3,(H,24,26,29)/b23-11+. The van der Waals surface area contributed by atoms with Crippen LogP contribution in [0.3, 0.4) is 0 Å². The fraction of sp³-hybridized carbons (Fsp3) is 0.190. The first kappa shape index (κ1) is 21.7. The molecule has 0 aliphatic heterocycles. The molecular weight excluding hydrogens is 452 g/mol. The number of hydrogen-bond donors (Lipinski definition) is 1. The van der Waals surface area contributed by atoms with Crippen molar-refractivity contribution >= 4 is 51.0 Å². The number of rotatable bonds is 7. The van der Waals surface area contributed by atoms with Gasteiger partial charge < -0.3 is 10.2 Å². The molecule has 164 valence electrons. The maximum atomic E-state index is 13.0. The number of halogens is 1. The summed E-state index contributed by atoms with van der Waals surface area (Å²) in [6.45, 7) is 2.18. The van der Waals surface area contributed by atoms with Gasteiger partial charge in [0.1, 0.15) is 18.3 Å². The molecule has 9 nitrogen and oxygen atoms in total. The Hall–Kier alpha value is -3.50. The number of benzene rings is 2. The summed E-state index contributed by atoms with van der Waals surface area (Å²) in [7, 11) is 1.47. The lowest BCUT2D eigenvalue weighted by atomic mass is 10.2. The van der Waals surface area contributed by atoms with E-state index < -0.39 is 11.4 Å². The summed E-state index contributed by atoms with van der Waals surface area (Å²) in [6, 6.07) is 12.7. The highest BCUT2D eigenvalue weighted by molar-refractivity contribution is 7.20. The predicted molar refractivity (Wildman–Crippen MR) is 126 cm³/mol. The first-order chi connectivity index (χ1) is 15.5. The molecule has 0 aliphatic carbocycles. The van der Waals surface area contributed by atoms with Crippen molar-refractivity contribution in [2.75, 3.05) is 12.4 Å². The van der Waals surface area contributed by atoms with E-state index in [1.54, 1.807) is 19.1 Å². The van der Waals surface area contributed by atoms with Gasteiger partial charge in [-0.25, -0.2) is 19.1 Å². The van der Waals surface area contributed by atoms with Crippen LogP contribution in [0, 0.1) is 0 Å². The minimum Gasteiger partial charge on any atom is -0.399 e. The Balaban J connectivity index is 1.73. The molecule has 0 amide bonds. The van der Waals surface area contributed by atoms with E-state index in [9.17, 15) is 9.59 Å². The highest BCUT2D eigenvalue weighted by Crippen LogP contribution is 2.26. The molecule has 0 saturated heterocycles. The Morgan fingerprint density at radius 1 is 1.16 bits per heavy atom. The van der Waals surface area contributed by atoms with Crippen molar-refractivity contribution in [2.45, 2.75) is 20.0 Å². The molecule has 2 aromatic heterocycles. The van der Waals surface area contributed by atoms with Crippen LogP contribution in [0.25, 0.3) is 10.2 Å². The highest BCUT2D eigenvalue weighted by atomic mass is 35.5. The largest absolute Gasteiger partial charge is 0.399 e. The molecule has 2 heterocycles. The van der Waals surface area contributed by atoms with Crippen molar-refractivity contribution in [3.05, 3.63) is 79.0 Å². The molecule has 1 N–H and O–H groups in total. The van der Waals surface area contributed by atoms with Crippen LogP contribution in [-0.4, -0.2) is 32.4 Å². The number of aromatic nitrogens is 4. The van der Waals surface area contributed by atoms with Crippen molar-refractivity contribution in [3.8, 4) is 0 Å². The van der Waals surface area contributed by atoms with Crippen molar-refractivity contribution in [1.29, 1.82) is 0 Å². The molecule has 0 bridgehead atoms. The van der Waals surface area contributed by atoms with Gasteiger partial charge in [0.15, 0.2) is 0 Å². The zero-order chi connectivity index (χ0) is 22.7. The SMILES string of the molecule is CCn1c(=O)nc(Nc2ccc3nc(/C=N/OC)sc3c2)n(Cc2ccc(Cl)cc2)c1=O. The zero-order valence-electron chi connectivity index (χ0n) is 17.3. The second-order valence-electron chi connectivity index (χ2n) is 6.73. The van der Waals surface area contributed by atoms with E-state index in [0.29, 0.717) is 15.7 Å². The summed E-state index contributed by atoms with van der Waals surface area (Å²) in [4.78, 5) is 38.7. The maximum Gasteiger partial charge on any atom is 0.354 e. The van der Waals surface area contributed by atoms with Gasteiger partial charge in [-0.1, -0.05) is 28.9 Å². The molecule has 4 rings (SSSR count). The van der Waals surface area contributed by atoms with Gasteiger partial charge in [-0.15, -0.1) is 11.3 Å². The van der Waals surface area contributed by atoms with Crippen LogP contribution >= 0.6 is 22.9 Å². The van der Waals surface area contributed by atoms with E-state index in [0.717, 1.165) is 20.3 Å². The first-order valence-electron chi connectivity index (χ1n) is 9.68. The quantitative estimate of drug-likeness (QED) is 0.327. The second kappa shape index (κ2) is 9.33. The molecule has 11 heteroatoms. The van der Waals surface area contributed by atoms with Gasteiger partial charge >= 0.3 is 11.4 Å².